The van der Waals surface area contributed by atoms with Crippen LogP contribution in [-0.2, 0) is 0 Å². The Morgan fingerprint density at radius 1 is 1.40 bits per heavy atom. The minimum atomic E-state index is -1.44. The lowest BCUT2D eigenvalue weighted by Gasteiger charge is -1.79. The van der Waals surface area contributed by atoms with Crippen LogP contribution >= 0.6 is 33.8 Å². The molecule has 0 atom stereocenters. The summed E-state index contributed by atoms with van der Waals surface area (Å²) in [5.41, 5.74) is 0.448. The molecule has 0 heterocycles. The van der Waals surface area contributed by atoms with E-state index >= 15 is 0 Å². The van der Waals surface area contributed by atoms with Crippen molar-refractivity contribution in [3.8, 4) is 0 Å². The maximum Gasteiger partial charge on any atom is 0.251 e. The summed E-state index contributed by atoms with van der Waals surface area (Å²) in [7, 11) is -1.44. The lowest BCUT2D eigenvalue weighted by molar-refractivity contribution is 2.16. The van der Waals surface area contributed by atoms with Gasteiger partial charge in [0.25, 0.3) is 7.42 Å². The first kappa shape index (κ1) is 6.09. The third kappa shape index (κ3) is 5.09. The first-order valence-corrected chi connectivity index (χ1v) is 5.95. The first-order chi connectivity index (χ1) is 2.27. The number of hydrogen-bond acceptors (Lipinski definition) is 0. The lowest BCUT2D eigenvalue weighted by atomic mass is 11.9. The first-order valence-electron chi connectivity index (χ1n) is 1.11. The van der Waals surface area contributed by atoms with Gasteiger partial charge < -0.3 is 0 Å². The van der Waals surface area contributed by atoms with Gasteiger partial charge in [0.15, 0.2) is 0 Å². The van der Waals surface area contributed by atoms with E-state index < -0.39 is 7.42 Å². The predicted octanol–water partition coefficient (Wildman–Crippen LogP) is 1.46. The summed E-state index contributed by atoms with van der Waals surface area (Å²) in [6, 6.07) is 0. The van der Waals surface area contributed by atoms with E-state index in [2.05, 4.69) is 0 Å². The van der Waals surface area contributed by atoms with Gasteiger partial charge in [0.2, 0.25) is 0 Å². The van der Waals surface area contributed by atoms with Gasteiger partial charge in [-0.1, -0.05) is 0 Å². The average Bonchev–Trinajstić information content (AvgIpc) is 1.38. The van der Waals surface area contributed by atoms with Crippen LogP contribution in [0, 0.1) is 0 Å². The molecule has 0 aromatic heterocycles. The van der Waals surface area contributed by atoms with Crippen molar-refractivity contribution in [3.05, 3.63) is 0 Å². The summed E-state index contributed by atoms with van der Waals surface area (Å²) >= 11 is 15.6. The molecule has 4 heteroatoms. The SMILES string of the molecule is ClC[SiH](Cl)Cl. The Labute approximate surface area is 47.0 Å². The number of rotatable bonds is 1. The molecule has 0 saturated heterocycles. The fourth-order valence-corrected chi connectivity index (χ4v) is 0. The summed E-state index contributed by atoms with van der Waals surface area (Å²) in [6.45, 7) is 0. The van der Waals surface area contributed by atoms with Gasteiger partial charge in [-0.2, -0.15) is 0 Å². The van der Waals surface area contributed by atoms with Gasteiger partial charge in [-0.25, -0.2) is 0 Å². The highest BCUT2D eigenvalue weighted by molar-refractivity contribution is 7.35. The van der Waals surface area contributed by atoms with Crippen LogP contribution in [-0.4, -0.2) is 12.9 Å². The van der Waals surface area contributed by atoms with Crippen molar-refractivity contribution >= 4 is 41.2 Å². The summed E-state index contributed by atoms with van der Waals surface area (Å²) < 4.78 is 0. The van der Waals surface area contributed by atoms with Crippen molar-refractivity contribution in [3.63, 3.8) is 0 Å². The predicted molar refractivity (Wildman–Crippen MR) is 29.6 cm³/mol. The van der Waals surface area contributed by atoms with Crippen LogP contribution in [0.3, 0.4) is 0 Å². The maximum atomic E-state index is 5.23. The smallest absolute Gasteiger partial charge is 0.149 e. The average molecular weight is 149 g/mol. The Morgan fingerprint density at radius 3 is 1.60 bits per heavy atom. The van der Waals surface area contributed by atoms with Crippen LogP contribution < -0.4 is 0 Å². The second-order valence-electron chi connectivity index (χ2n) is 0.545. The van der Waals surface area contributed by atoms with Gasteiger partial charge in [0, 0.05) is 5.50 Å². The molecule has 0 fully saturated rings. The van der Waals surface area contributed by atoms with E-state index in [4.69, 9.17) is 33.8 Å². The summed E-state index contributed by atoms with van der Waals surface area (Å²) in [4.78, 5) is 0. The second kappa shape index (κ2) is 3.28. The Hall–Kier alpha value is 1.09. The zero-order chi connectivity index (χ0) is 4.28. The van der Waals surface area contributed by atoms with E-state index in [-0.39, 0.29) is 0 Å². The molecule has 0 radical (unpaired) electrons. The highest BCUT2D eigenvalue weighted by atomic mass is 35.7. The van der Waals surface area contributed by atoms with Gasteiger partial charge in [-0.15, -0.1) is 33.8 Å². The fourth-order valence-electron chi connectivity index (χ4n) is 0. The van der Waals surface area contributed by atoms with Crippen molar-refractivity contribution in [1.29, 1.82) is 0 Å². The quantitative estimate of drug-likeness (QED) is 0.301. The molecule has 0 aliphatic carbocycles. The lowest BCUT2D eigenvalue weighted by Crippen LogP contribution is -1.91. The van der Waals surface area contributed by atoms with Crippen LogP contribution in [0.2, 0.25) is 0 Å². The zero-order valence-corrected chi connectivity index (χ0v) is 5.84. The minimum absolute atomic E-state index is 0.448. The molecule has 0 amide bonds. The number of hydrogen-bond donors (Lipinski definition) is 0. The summed E-state index contributed by atoms with van der Waals surface area (Å²) in [5.74, 6) is 0. The molecule has 0 rings (SSSR count). The molecule has 0 N–H and O–H groups in total. The van der Waals surface area contributed by atoms with Gasteiger partial charge in [-0.05, 0) is 0 Å². The molecular weight excluding hydrogens is 146 g/mol. The van der Waals surface area contributed by atoms with Crippen molar-refractivity contribution < 1.29 is 0 Å². The molecule has 0 aliphatic heterocycles. The molecule has 0 saturated carbocycles. The van der Waals surface area contributed by atoms with E-state index in [0.717, 1.165) is 0 Å². The normalized spacial score (nSPS) is 9.60. The highest BCUT2D eigenvalue weighted by Gasteiger charge is 1.93. The highest BCUT2D eigenvalue weighted by Crippen LogP contribution is 1.95. The molecular formula is CH3Cl3Si. The topological polar surface area (TPSA) is 0 Å². The Kier molecular flexibility index (Phi) is 4.00. The third-order valence-corrected chi connectivity index (χ3v) is 3.15. The van der Waals surface area contributed by atoms with E-state index in [1.165, 1.54) is 0 Å². The Bertz CT molecular complexity index is 20.9. The molecule has 0 aromatic rings. The standard InChI is InChI=1S/CH3Cl3Si/c2-1-5(3)4/h5H,1H2. The van der Waals surface area contributed by atoms with Gasteiger partial charge in [0.1, 0.15) is 0 Å². The molecule has 0 spiro atoms. The van der Waals surface area contributed by atoms with Gasteiger partial charge >= 0.3 is 0 Å². The minimum Gasteiger partial charge on any atom is -0.149 e. The Morgan fingerprint density at radius 2 is 1.60 bits per heavy atom. The van der Waals surface area contributed by atoms with Gasteiger partial charge in [0.05, 0.1) is 0 Å². The van der Waals surface area contributed by atoms with E-state index in [0.29, 0.717) is 5.50 Å². The molecule has 32 valence electrons. The van der Waals surface area contributed by atoms with Crippen LogP contribution in [0.1, 0.15) is 0 Å². The number of halogens is 3. The fraction of sp³-hybridized carbons (Fsp3) is 1.00. The van der Waals surface area contributed by atoms with Crippen molar-refractivity contribution in [2.24, 2.45) is 0 Å². The van der Waals surface area contributed by atoms with Crippen LogP contribution in [0.5, 0.6) is 0 Å². The van der Waals surface area contributed by atoms with Crippen LogP contribution in [0.25, 0.3) is 0 Å². The summed E-state index contributed by atoms with van der Waals surface area (Å²) in [6.07, 6.45) is 0. The van der Waals surface area contributed by atoms with Crippen molar-refractivity contribution in [1.82, 2.24) is 0 Å². The van der Waals surface area contributed by atoms with Crippen LogP contribution in [0.15, 0.2) is 0 Å². The monoisotopic (exact) mass is 148 g/mol. The maximum absolute atomic E-state index is 5.23. The van der Waals surface area contributed by atoms with E-state index in [1.807, 2.05) is 0 Å². The molecule has 0 aliphatic rings. The van der Waals surface area contributed by atoms with Crippen molar-refractivity contribution in [2.75, 3.05) is 5.50 Å². The molecule has 5 heavy (non-hydrogen) atoms. The Balaban J connectivity index is 2.54. The van der Waals surface area contributed by atoms with Crippen LogP contribution in [0.4, 0.5) is 0 Å². The molecule has 0 nitrogen and oxygen atoms in total. The van der Waals surface area contributed by atoms with E-state index in [1.54, 1.807) is 0 Å². The zero-order valence-electron chi connectivity index (χ0n) is 2.42. The van der Waals surface area contributed by atoms with Gasteiger partial charge in [-0.3, -0.25) is 0 Å². The molecule has 0 aromatic carbocycles. The third-order valence-electron chi connectivity index (χ3n) is 0.117. The molecule has 0 unspecified atom stereocenters. The largest absolute Gasteiger partial charge is 0.251 e. The summed E-state index contributed by atoms with van der Waals surface area (Å²) in [5, 5.41) is 0. The second-order valence-corrected chi connectivity index (χ2v) is 6.39. The molecule has 0 bridgehead atoms. The van der Waals surface area contributed by atoms with Crippen molar-refractivity contribution in [2.45, 2.75) is 0 Å². The number of alkyl halides is 1. The van der Waals surface area contributed by atoms with E-state index in [9.17, 15) is 0 Å².